The number of hydrogen-bond acceptors (Lipinski definition) is 3. The zero-order chi connectivity index (χ0) is 13.8. The molecule has 0 amide bonds. The molecule has 5 heteroatoms. The van der Waals surface area contributed by atoms with Crippen LogP contribution >= 0.6 is 38.5 Å². The molecule has 1 unspecified atom stereocenters. The zero-order valence-electron chi connectivity index (χ0n) is 10.5. The topological polar surface area (TPSA) is 50.9 Å². The number of aromatic nitrogens is 1. The summed E-state index contributed by atoms with van der Waals surface area (Å²) in [6, 6.07) is 8.45. The van der Waals surface area contributed by atoms with Gasteiger partial charge in [-0.3, -0.25) is 16.3 Å². The Labute approximate surface area is 135 Å². The molecule has 0 aliphatic heterocycles. The first kappa shape index (κ1) is 14.9. The molecule has 1 atom stereocenters. The number of rotatable bonds is 4. The van der Waals surface area contributed by atoms with Gasteiger partial charge in [-0.15, -0.1) is 0 Å². The molecule has 1 aromatic carbocycles. The number of pyridine rings is 1. The van der Waals surface area contributed by atoms with Crippen molar-refractivity contribution in [1.29, 1.82) is 0 Å². The second kappa shape index (κ2) is 6.78. The zero-order valence-corrected chi connectivity index (χ0v) is 14.3. The van der Waals surface area contributed by atoms with Gasteiger partial charge in [-0.25, -0.2) is 0 Å². The second-order valence-corrected chi connectivity index (χ2v) is 6.41. The van der Waals surface area contributed by atoms with Crippen molar-refractivity contribution < 1.29 is 0 Å². The van der Waals surface area contributed by atoms with Gasteiger partial charge >= 0.3 is 0 Å². The molecule has 0 saturated carbocycles. The molecule has 0 radical (unpaired) electrons. The summed E-state index contributed by atoms with van der Waals surface area (Å²) >= 11 is 5.81. The monoisotopic (exact) mass is 431 g/mol. The molecule has 3 N–H and O–H groups in total. The van der Waals surface area contributed by atoms with Crippen LogP contribution in [0.15, 0.2) is 41.1 Å². The number of nitrogens with zero attached hydrogens (tertiary/aromatic N) is 1. The lowest BCUT2D eigenvalue weighted by Gasteiger charge is -2.19. The van der Waals surface area contributed by atoms with Gasteiger partial charge in [0.25, 0.3) is 0 Å². The molecule has 0 spiro atoms. The molecule has 0 aliphatic carbocycles. The van der Waals surface area contributed by atoms with Crippen LogP contribution in [0.5, 0.6) is 0 Å². The minimum atomic E-state index is 0.0860. The Morgan fingerprint density at radius 1 is 1.42 bits per heavy atom. The molecule has 2 rings (SSSR count). The van der Waals surface area contributed by atoms with Gasteiger partial charge in [-0.2, -0.15) is 0 Å². The van der Waals surface area contributed by atoms with Crippen LogP contribution in [0.1, 0.15) is 22.7 Å². The van der Waals surface area contributed by atoms with E-state index in [2.05, 4.69) is 80.1 Å². The smallest absolute Gasteiger partial charge is 0.0511 e. The van der Waals surface area contributed by atoms with Gasteiger partial charge in [0.1, 0.15) is 0 Å². The number of nitrogens with one attached hydrogen (secondary N) is 1. The predicted molar refractivity (Wildman–Crippen MR) is 89.6 cm³/mol. The van der Waals surface area contributed by atoms with E-state index in [-0.39, 0.29) is 6.04 Å². The van der Waals surface area contributed by atoms with Crippen LogP contribution < -0.4 is 11.3 Å². The Morgan fingerprint density at radius 3 is 2.89 bits per heavy atom. The highest BCUT2D eigenvalue weighted by molar-refractivity contribution is 14.1. The summed E-state index contributed by atoms with van der Waals surface area (Å²) in [7, 11) is 0. The highest BCUT2D eigenvalue weighted by atomic mass is 127. The van der Waals surface area contributed by atoms with Crippen LogP contribution in [0.25, 0.3) is 0 Å². The fourth-order valence-corrected chi connectivity index (χ4v) is 3.15. The minimum absolute atomic E-state index is 0.0860. The maximum absolute atomic E-state index is 5.72. The normalized spacial score (nSPS) is 12.4. The summed E-state index contributed by atoms with van der Waals surface area (Å²) in [5, 5.41) is 0. The van der Waals surface area contributed by atoms with Gasteiger partial charge in [-0.05, 0) is 74.6 Å². The van der Waals surface area contributed by atoms with E-state index < -0.39 is 0 Å². The van der Waals surface area contributed by atoms with Crippen LogP contribution in [-0.4, -0.2) is 4.98 Å². The van der Waals surface area contributed by atoms with Crippen molar-refractivity contribution in [3.8, 4) is 0 Å². The van der Waals surface area contributed by atoms with E-state index in [0.29, 0.717) is 0 Å². The fraction of sp³-hybridized carbons (Fsp3) is 0.214. The third-order valence-electron chi connectivity index (χ3n) is 3.00. The van der Waals surface area contributed by atoms with Crippen molar-refractivity contribution in [2.75, 3.05) is 0 Å². The van der Waals surface area contributed by atoms with Crippen molar-refractivity contribution in [2.24, 2.45) is 5.84 Å². The highest BCUT2D eigenvalue weighted by Gasteiger charge is 2.15. The minimum Gasteiger partial charge on any atom is -0.271 e. The van der Waals surface area contributed by atoms with E-state index in [4.69, 9.17) is 5.84 Å². The summed E-state index contributed by atoms with van der Waals surface area (Å²) in [5.41, 5.74) is 6.55. The number of halogens is 2. The predicted octanol–water partition coefficient (Wildman–Crippen LogP) is 3.50. The first-order valence-corrected chi connectivity index (χ1v) is 7.79. The molecule has 2 aromatic rings. The van der Waals surface area contributed by atoms with E-state index in [1.807, 2.05) is 6.20 Å². The Hall–Kier alpha value is -0.500. The largest absolute Gasteiger partial charge is 0.271 e. The number of hydrogen-bond donors (Lipinski definition) is 2. The van der Waals surface area contributed by atoms with Crippen LogP contribution in [0.3, 0.4) is 0 Å². The SMILES string of the molecule is Cc1cccc(C(Cc2cncc(Br)c2)NN)c1I. The standard InChI is InChI=1S/C14H15BrIN3/c1-9-3-2-4-12(14(9)16)13(19-17)6-10-5-11(15)8-18-7-10/h2-5,7-8,13,19H,6,17H2,1H3. The Bertz CT molecular complexity index is 574. The molecule has 1 aromatic heterocycles. The maximum Gasteiger partial charge on any atom is 0.0511 e. The number of benzene rings is 1. The first-order chi connectivity index (χ1) is 9.11. The molecule has 0 bridgehead atoms. The molecule has 19 heavy (non-hydrogen) atoms. The second-order valence-electron chi connectivity index (χ2n) is 4.41. The van der Waals surface area contributed by atoms with Crippen molar-refractivity contribution in [1.82, 2.24) is 10.4 Å². The number of nitrogens with two attached hydrogens (primary N) is 1. The third kappa shape index (κ3) is 3.75. The van der Waals surface area contributed by atoms with Crippen LogP contribution in [0.4, 0.5) is 0 Å². The molecule has 0 aliphatic rings. The average molecular weight is 432 g/mol. The molecular weight excluding hydrogens is 417 g/mol. The van der Waals surface area contributed by atoms with Gasteiger partial charge < -0.3 is 0 Å². The molecule has 100 valence electrons. The summed E-state index contributed by atoms with van der Waals surface area (Å²) in [6.07, 6.45) is 4.46. The van der Waals surface area contributed by atoms with Gasteiger partial charge in [0.05, 0.1) is 6.04 Å². The lowest BCUT2D eigenvalue weighted by atomic mass is 9.99. The molecule has 3 nitrogen and oxygen atoms in total. The van der Waals surface area contributed by atoms with E-state index in [1.165, 1.54) is 14.7 Å². The molecule has 0 fully saturated rings. The summed E-state index contributed by atoms with van der Waals surface area (Å²) in [4.78, 5) is 4.19. The van der Waals surface area contributed by atoms with Crippen LogP contribution in [0.2, 0.25) is 0 Å². The van der Waals surface area contributed by atoms with Gasteiger partial charge in [-0.1, -0.05) is 18.2 Å². The van der Waals surface area contributed by atoms with Crippen LogP contribution in [0, 0.1) is 10.5 Å². The van der Waals surface area contributed by atoms with E-state index in [9.17, 15) is 0 Å². The summed E-state index contributed by atoms with van der Waals surface area (Å²) in [5.74, 6) is 5.72. The lowest BCUT2D eigenvalue weighted by molar-refractivity contribution is 0.548. The summed E-state index contributed by atoms with van der Waals surface area (Å²) in [6.45, 7) is 2.11. The van der Waals surface area contributed by atoms with Crippen molar-refractivity contribution in [3.05, 3.63) is 61.4 Å². The Kier molecular flexibility index (Phi) is 5.32. The molecule has 0 saturated heterocycles. The van der Waals surface area contributed by atoms with Crippen molar-refractivity contribution >= 4 is 38.5 Å². The quantitative estimate of drug-likeness (QED) is 0.442. The summed E-state index contributed by atoms with van der Waals surface area (Å²) < 4.78 is 2.24. The lowest BCUT2D eigenvalue weighted by Crippen LogP contribution is -2.30. The van der Waals surface area contributed by atoms with E-state index >= 15 is 0 Å². The van der Waals surface area contributed by atoms with E-state index in [1.54, 1.807) is 6.20 Å². The molecular formula is C14H15BrIN3. The van der Waals surface area contributed by atoms with E-state index in [0.717, 1.165) is 16.5 Å². The number of aryl methyl sites for hydroxylation is 1. The Morgan fingerprint density at radius 2 is 2.21 bits per heavy atom. The van der Waals surface area contributed by atoms with Crippen LogP contribution in [-0.2, 0) is 6.42 Å². The average Bonchev–Trinajstić information content (AvgIpc) is 2.40. The Balaban J connectivity index is 2.28. The number of hydrazine groups is 1. The van der Waals surface area contributed by atoms with Crippen molar-refractivity contribution in [2.45, 2.75) is 19.4 Å². The fourth-order valence-electron chi connectivity index (χ4n) is 2.00. The van der Waals surface area contributed by atoms with Gasteiger partial charge in [0.15, 0.2) is 0 Å². The first-order valence-electron chi connectivity index (χ1n) is 5.92. The van der Waals surface area contributed by atoms with Crippen molar-refractivity contribution in [3.63, 3.8) is 0 Å². The van der Waals surface area contributed by atoms with Gasteiger partial charge in [0.2, 0.25) is 0 Å². The molecule has 1 heterocycles. The highest BCUT2D eigenvalue weighted by Crippen LogP contribution is 2.25. The van der Waals surface area contributed by atoms with Gasteiger partial charge in [0, 0.05) is 20.4 Å². The third-order valence-corrected chi connectivity index (χ3v) is 4.91. The maximum atomic E-state index is 5.72.